The Morgan fingerprint density at radius 2 is 1.71 bits per heavy atom. The standard InChI is InChI=1S/C22H28N2O4/c1-15-9-17(10-20(25)24(15)13-21(26)27)19-12-23(14-22(2,3)28)11-18(19)16-7-5-4-6-8-16/h4-10,18-19,28H,11-14H2,1-3H3,(H,26,27)/t18-,19+/m1/s1. The van der Waals surface area contributed by atoms with Crippen molar-refractivity contribution in [3.8, 4) is 0 Å². The lowest BCUT2D eigenvalue weighted by atomic mass is 9.84. The first-order chi connectivity index (χ1) is 13.1. The molecule has 1 aliphatic rings. The Labute approximate surface area is 165 Å². The van der Waals surface area contributed by atoms with Crippen molar-refractivity contribution < 1.29 is 15.0 Å². The van der Waals surface area contributed by atoms with E-state index in [1.165, 1.54) is 10.1 Å². The van der Waals surface area contributed by atoms with Crippen LogP contribution in [0.15, 0.2) is 47.3 Å². The van der Waals surface area contributed by atoms with Crippen LogP contribution in [0.3, 0.4) is 0 Å². The number of carboxylic acid groups (broad SMARTS) is 1. The molecule has 0 spiro atoms. The second kappa shape index (κ2) is 7.89. The smallest absolute Gasteiger partial charge is 0.323 e. The molecule has 2 aromatic rings. The van der Waals surface area contributed by atoms with Gasteiger partial charge in [0.15, 0.2) is 0 Å². The summed E-state index contributed by atoms with van der Waals surface area (Å²) in [6, 6.07) is 13.7. The molecule has 0 amide bonds. The van der Waals surface area contributed by atoms with Gasteiger partial charge in [-0.1, -0.05) is 30.3 Å². The lowest BCUT2D eigenvalue weighted by Crippen LogP contribution is -2.37. The molecule has 1 aromatic carbocycles. The van der Waals surface area contributed by atoms with Gasteiger partial charge in [0.1, 0.15) is 6.54 Å². The molecule has 2 atom stereocenters. The van der Waals surface area contributed by atoms with Gasteiger partial charge in [-0.3, -0.25) is 14.5 Å². The van der Waals surface area contributed by atoms with Crippen molar-refractivity contribution in [2.75, 3.05) is 19.6 Å². The molecule has 0 bridgehead atoms. The van der Waals surface area contributed by atoms with Crippen LogP contribution in [0.1, 0.15) is 42.5 Å². The summed E-state index contributed by atoms with van der Waals surface area (Å²) < 4.78 is 1.28. The molecule has 2 N–H and O–H groups in total. The van der Waals surface area contributed by atoms with Crippen LogP contribution in [-0.2, 0) is 11.3 Å². The lowest BCUT2D eigenvalue weighted by Gasteiger charge is -2.25. The van der Waals surface area contributed by atoms with Gasteiger partial charge in [0.25, 0.3) is 5.56 Å². The van der Waals surface area contributed by atoms with Crippen molar-refractivity contribution in [2.24, 2.45) is 0 Å². The van der Waals surface area contributed by atoms with E-state index in [2.05, 4.69) is 17.0 Å². The minimum Gasteiger partial charge on any atom is -0.480 e. The quantitative estimate of drug-likeness (QED) is 0.798. The number of carbonyl (C=O) groups is 1. The van der Waals surface area contributed by atoms with E-state index in [0.717, 1.165) is 18.7 Å². The van der Waals surface area contributed by atoms with E-state index in [9.17, 15) is 14.7 Å². The molecule has 1 saturated heterocycles. The van der Waals surface area contributed by atoms with Crippen LogP contribution in [0.4, 0.5) is 0 Å². The van der Waals surface area contributed by atoms with Gasteiger partial charge in [0.05, 0.1) is 5.60 Å². The van der Waals surface area contributed by atoms with Gasteiger partial charge in [-0.15, -0.1) is 0 Å². The molecule has 6 heteroatoms. The predicted molar refractivity (Wildman–Crippen MR) is 108 cm³/mol. The third kappa shape index (κ3) is 4.69. The number of hydrogen-bond acceptors (Lipinski definition) is 4. The molecule has 2 heterocycles. The number of likely N-dealkylation sites (tertiary alicyclic amines) is 1. The molecule has 0 aliphatic carbocycles. The molecule has 0 radical (unpaired) electrons. The van der Waals surface area contributed by atoms with E-state index in [0.29, 0.717) is 12.2 Å². The van der Waals surface area contributed by atoms with Crippen molar-refractivity contribution in [2.45, 2.75) is 44.8 Å². The number of aryl methyl sites for hydroxylation is 1. The normalized spacial score (nSPS) is 20.4. The summed E-state index contributed by atoms with van der Waals surface area (Å²) in [6.07, 6.45) is 0. The third-order valence-electron chi connectivity index (χ3n) is 5.31. The van der Waals surface area contributed by atoms with Crippen molar-refractivity contribution >= 4 is 5.97 Å². The topological polar surface area (TPSA) is 82.8 Å². The SMILES string of the molecule is Cc1cc([C@@H]2CN(CC(C)(C)O)C[C@@H]2c2ccccc2)cc(=O)n1CC(=O)O. The number of β-amino-alcohol motifs (C(OH)–C–C–N with tert-alkyl or cyclic N) is 1. The second-order valence-corrected chi connectivity index (χ2v) is 8.38. The monoisotopic (exact) mass is 384 g/mol. The van der Waals surface area contributed by atoms with Crippen LogP contribution in [0.25, 0.3) is 0 Å². The van der Waals surface area contributed by atoms with Gasteiger partial charge in [0.2, 0.25) is 0 Å². The number of carboxylic acids is 1. The molecule has 1 fully saturated rings. The molecular weight excluding hydrogens is 356 g/mol. The Morgan fingerprint density at radius 1 is 1.11 bits per heavy atom. The summed E-state index contributed by atoms with van der Waals surface area (Å²) in [7, 11) is 0. The molecular formula is C22H28N2O4. The van der Waals surface area contributed by atoms with Gasteiger partial charge in [0, 0.05) is 43.2 Å². The van der Waals surface area contributed by atoms with E-state index in [1.54, 1.807) is 26.8 Å². The number of aromatic nitrogens is 1. The van der Waals surface area contributed by atoms with Crippen molar-refractivity contribution in [1.82, 2.24) is 9.47 Å². The molecule has 150 valence electrons. The van der Waals surface area contributed by atoms with E-state index in [1.807, 2.05) is 24.3 Å². The summed E-state index contributed by atoms with van der Waals surface area (Å²) in [4.78, 5) is 25.8. The Balaban J connectivity index is 1.97. The molecule has 6 nitrogen and oxygen atoms in total. The highest BCUT2D eigenvalue weighted by Gasteiger charge is 2.37. The zero-order valence-corrected chi connectivity index (χ0v) is 16.6. The zero-order valence-electron chi connectivity index (χ0n) is 16.6. The highest BCUT2D eigenvalue weighted by Crippen LogP contribution is 2.39. The summed E-state index contributed by atoms with van der Waals surface area (Å²) in [5, 5.41) is 19.3. The number of aliphatic carboxylic acids is 1. The Kier molecular flexibility index (Phi) is 5.72. The minimum atomic E-state index is -1.03. The number of benzene rings is 1. The second-order valence-electron chi connectivity index (χ2n) is 8.38. The maximum absolute atomic E-state index is 12.6. The van der Waals surface area contributed by atoms with E-state index < -0.39 is 11.6 Å². The summed E-state index contributed by atoms with van der Waals surface area (Å²) in [6.45, 7) is 7.14. The van der Waals surface area contributed by atoms with Crippen LogP contribution in [0, 0.1) is 6.92 Å². The highest BCUT2D eigenvalue weighted by molar-refractivity contribution is 5.66. The lowest BCUT2D eigenvalue weighted by molar-refractivity contribution is -0.137. The fraction of sp³-hybridized carbons (Fsp3) is 0.455. The van der Waals surface area contributed by atoms with Crippen molar-refractivity contribution in [1.29, 1.82) is 0 Å². The molecule has 0 saturated carbocycles. The first kappa shape index (κ1) is 20.3. The van der Waals surface area contributed by atoms with E-state index in [4.69, 9.17) is 5.11 Å². The predicted octanol–water partition coefficient (Wildman–Crippen LogP) is 2.20. The third-order valence-corrected chi connectivity index (χ3v) is 5.31. The highest BCUT2D eigenvalue weighted by atomic mass is 16.4. The molecule has 0 unspecified atom stereocenters. The fourth-order valence-electron chi connectivity index (χ4n) is 4.24. The number of pyridine rings is 1. The number of hydrogen-bond donors (Lipinski definition) is 2. The van der Waals surface area contributed by atoms with Crippen LogP contribution in [0.2, 0.25) is 0 Å². The number of rotatable bonds is 6. The van der Waals surface area contributed by atoms with Gasteiger partial charge >= 0.3 is 5.97 Å². The molecule has 1 aliphatic heterocycles. The van der Waals surface area contributed by atoms with Gasteiger partial charge in [-0.2, -0.15) is 0 Å². The first-order valence-electron chi connectivity index (χ1n) is 9.57. The zero-order chi connectivity index (χ0) is 20.5. The molecule has 3 rings (SSSR count). The van der Waals surface area contributed by atoms with Crippen molar-refractivity contribution in [3.63, 3.8) is 0 Å². The Morgan fingerprint density at radius 3 is 2.25 bits per heavy atom. The van der Waals surface area contributed by atoms with Crippen LogP contribution in [0.5, 0.6) is 0 Å². The Bertz CT molecular complexity index is 899. The fourth-order valence-corrected chi connectivity index (χ4v) is 4.24. The first-order valence-corrected chi connectivity index (χ1v) is 9.57. The summed E-state index contributed by atoms with van der Waals surface area (Å²) in [5.41, 5.74) is 1.70. The minimum absolute atomic E-state index is 0.107. The van der Waals surface area contributed by atoms with Crippen LogP contribution >= 0.6 is 0 Å². The maximum atomic E-state index is 12.6. The van der Waals surface area contributed by atoms with E-state index >= 15 is 0 Å². The molecule has 1 aromatic heterocycles. The average molecular weight is 384 g/mol. The van der Waals surface area contributed by atoms with Gasteiger partial charge in [-0.25, -0.2) is 0 Å². The average Bonchev–Trinajstić information content (AvgIpc) is 3.00. The Hall–Kier alpha value is -2.44. The number of nitrogens with zero attached hydrogens (tertiary/aromatic N) is 2. The van der Waals surface area contributed by atoms with Gasteiger partial charge in [-0.05, 0) is 38.0 Å². The van der Waals surface area contributed by atoms with Crippen LogP contribution < -0.4 is 5.56 Å². The van der Waals surface area contributed by atoms with E-state index in [-0.39, 0.29) is 23.9 Å². The molecule has 28 heavy (non-hydrogen) atoms. The maximum Gasteiger partial charge on any atom is 0.323 e. The van der Waals surface area contributed by atoms with Crippen LogP contribution in [-0.4, -0.2) is 50.9 Å². The number of aliphatic hydroxyl groups is 1. The van der Waals surface area contributed by atoms with Crippen molar-refractivity contribution in [3.05, 3.63) is 69.6 Å². The summed E-state index contributed by atoms with van der Waals surface area (Å²) >= 11 is 0. The van der Waals surface area contributed by atoms with Gasteiger partial charge < -0.3 is 14.8 Å². The summed E-state index contributed by atoms with van der Waals surface area (Å²) in [5.74, 6) is -0.717. The largest absolute Gasteiger partial charge is 0.480 e.